The van der Waals surface area contributed by atoms with E-state index in [1.165, 1.54) is 12.8 Å². The first-order valence-electron chi connectivity index (χ1n) is 11.7. The van der Waals surface area contributed by atoms with Crippen LogP contribution in [0.25, 0.3) is 22.8 Å². The molecule has 1 amide bonds. The van der Waals surface area contributed by atoms with E-state index in [1.54, 1.807) is 6.07 Å². The smallest absolute Gasteiger partial charge is 0.318 e. The van der Waals surface area contributed by atoms with Crippen LogP contribution >= 0.6 is 11.6 Å². The van der Waals surface area contributed by atoms with Gasteiger partial charge in [0.25, 0.3) is 0 Å². The highest BCUT2D eigenvalue weighted by molar-refractivity contribution is 6.33. The Hall–Kier alpha value is -3.19. The molecule has 178 valence electrons. The fourth-order valence-electron chi connectivity index (χ4n) is 3.66. The first-order chi connectivity index (χ1) is 16.5. The number of aromatic nitrogens is 3. The summed E-state index contributed by atoms with van der Waals surface area (Å²) in [4.78, 5) is 25.1. The molecule has 0 spiro atoms. The molecule has 0 unspecified atom stereocenters. The van der Waals surface area contributed by atoms with Gasteiger partial charge in [-0.3, -0.25) is 4.79 Å². The molecule has 2 N–H and O–H groups in total. The fourth-order valence-corrected chi connectivity index (χ4v) is 3.86. The SMILES string of the molecule is CCC(CC)C(=O)NCc1ccc(Cl)c(-c2nc(O)nc(-c3ccc(OCC4CC4)cc3)n2)c1. The van der Waals surface area contributed by atoms with E-state index in [1.807, 2.05) is 50.2 Å². The maximum Gasteiger partial charge on any atom is 0.318 e. The lowest BCUT2D eigenvalue weighted by Crippen LogP contribution is -2.29. The van der Waals surface area contributed by atoms with Crippen LogP contribution in [-0.2, 0) is 11.3 Å². The molecule has 1 aliphatic carbocycles. The van der Waals surface area contributed by atoms with Gasteiger partial charge in [-0.15, -0.1) is 0 Å². The summed E-state index contributed by atoms with van der Waals surface area (Å²) in [6.07, 6.45) is 4.07. The third-order valence-electron chi connectivity index (χ3n) is 6.01. The van der Waals surface area contributed by atoms with Crippen LogP contribution < -0.4 is 10.1 Å². The molecule has 1 aromatic heterocycles. The van der Waals surface area contributed by atoms with Crippen LogP contribution in [0.1, 0.15) is 45.1 Å². The van der Waals surface area contributed by atoms with Crippen molar-refractivity contribution in [2.24, 2.45) is 11.8 Å². The first-order valence-corrected chi connectivity index (χ1v) is 12.1. The number of hydrogen-bond donors (Lipinski definition) is 2. The molecule has 0 saturated heterocycles. The van der Waals surface area contributed by atoms with Crippen LogP contribution in [0, 0.1) is 11.8 Å². The second-order valence-electron chi connectivity index (χ2n) is 8.61. The molecule has 4 rings (SSSR count). The highest BCUT2D eigenvalue weighted by Crippen LogP contribution is 2.31. The lowest BCUT2D eigenvalue weighted by Gasteiger charge is -2.13. The molecule has 0 atom stereocenters. The number of nitrogens with zero attached hydrogens (tertiary/aromatic N) is 3. The van der Waals surface area contributed by atoms with Crippen LogP contribution in [-0.4, -0.2) is 32.6 Å². The summed E-state index contributed by atoms with van der Waals surface area (Å²) in [5.41, 5.74) is 2.14. The number of halogens is 1. The average molecular weight is 481 g/mol. The van der Waals surface area contributed by atoms with E-state index in [9.17, 15) is 9.90 Å². The minimum atomic E-state index is -0.391. The molecular weight excluding hydrogens is 452 g/mol. The van der Waals surface area contributed by atoms with Crippen LogP contribution in [0.15, 0.2) is 42.5 Å². The van der Waals surface area contributed by atoms with Gasteiger partial charge in [-0.1, -0.05) is 31.5 Å². The Balaban J connectivity index is 1.53. The van der Waals surface area contributed by atoms with Crippen LogP contribution in [0.2, 0.25) is 5.02 Å². The van der Waals surface area contributed by atoms with Gasteiger partial charge >= 0.3 is 6.01 Å². The van der Waals surface area contributed by atoms with E-state index >= 15 is 0 Å². The van der Waals surface area contributed by atoms with Gasteiger partial charge in [0.05, 0.1) is 11.6 Å². The summed E-state index contributed by atoms with van der Waals surface area (Å²) >= 11 is 6.44. The van der Waals surface area contributed by atoms with Crippen molar-refractivity contribution in [3.05, 3.63) is 53.1 Å². The van der Waals surface area contributed by atoms with Gasteiger partial charge in [-0.2, -0.15) is 9.97 Å². The highest BCUT2D eigenvalue weighted by atomic mass is 35.5. The quantitative estimate of drug-likeness (QED) is 0.403. The normalized spacial score (nSPS) is 13.2. The molecule has 3 aromatic rings. The first kappa shape index (κ1) is 24.0. The maximum atomic E-state index is 12.3. The van der Waals surface area contributed by atoms with Gasteiger partial charge in [0.2, 0.25) is 5.91 Å². The highest BCUT2D eigenvalue weighted by Gasteiger charge is 2.22. The summed E-state index contributed by atoms with van der Waals surface area (Å²) in [7, 11) is 0. The number of nitrogens with one attached hydrogen (secondary N) is 1. The van der Waals surface area contributed by atoms with Crippen LogP contribution in [0.4, 0.5) is 0 Å². The number of ether oxygens (including phenoxy) is 1. The second kappa shape index (κ2) is 10.8. The van der Waals surface area contributed by atoms with Crippen molar-refractivity contribution in [1.82, 2.24) is 20.3 Å². The van der Waals surface area contributed by atoms with Crippen molar-refractivity contribution in [2.45, 2.75) is 46.1 Å². The number of rotatable bonds is 10. The minimum Gasteiger partial charge on any atom is -0.493 e. The van der Waals surface area contributed by atoms with E-state index in [4.69, 9.17) is 16.3 Å². The molecule has 7 nitrogen and oxygen atoms in total. The van der Waals surface area contributed by atoms with Gasteiger partial charge in [-0.25, -0.2) is 4.98 Å². The van der Waals surface area contributed by atoms with Gasteiger partial charge in [0.1, 0.15) is 5.75 Å². The molecule has 1 saturated carbocycles. The molecule has 1 aliphatic rings. The molecule has 0 bridgehead atoms. The molecule has 0 radical (unpaired) electrons. The third-order valence-corrected chi connectivity index (χ3v) is 6.34. The molecule has 8 heteroatoms. The zero-order valence-corrected chi connectivity index (χ0v) is 20.2. The molecule has 34 heavy (non-hydrogen) atoms. The summed E-state index contributed by atoms with van der Waals surface area (Å²) in [5, 5.41) is 13.6. The Kier molecular flexibility index (Phi) is 7.63. The third kappa shape index (κ3) is 6.03. The van der Waals surface area contributed by atoms with Crippen molar-refractivity contribution in [3.8, 4) is 34.5 Å². The predicted octanol–water partition coefficient (Wildman–Crippen LogP) is 5.41. The van der Waals surface area contributed by atoms with Crippen molar-refractivity contribution in [2.75, 3.05) is 6.61 Å². The summed E-state index contributed by atoms with van der Waals surface area (Å²) in [5.74, 6) is 2.09. The molecular formula is C26H29ClN4O3. The monoisotopic (exact) mass is 480 g/mol. The lowest BCUT2D eigenvalue weighted by molar-refractivity contribution is -0.125. The number of aromatic hydroxyl groups is 1. The van der Waals surface area contributed by atoms with Gasteiger partial charge in [0.15, 0.2) is 11.6 Å². The summed E-state index contributed by atoms with van der Waals surface area (Å²) in [6, 6.07) is 12.5. The van der Waals surface area contributed by atoms with Crippen LogP contribution in [0.5, 0.6) is 11.8 Å². The number of carbonyl (C=O) groups excluding carboxylic acids is 1. The van der Waals surface area contributed by atoms with Crippen molar-refractivity contribution >= 4 is 17.5 Å². The molecule has 0 aliphatic heterocycles. The Morgan fingerprint density at radius 3 is 2.47 bits per heavy atom. The number of amides is 1. The van der Waals surface area contributed by atoms with Gasteiger partial charge < -0.3 is 15.2 Å². The van der Waals surface area contributed by atoms with E-state index < -0.39 is 6.01 Å². The average Bonchev–Trinajstić information content (AvgIpc) is 3.67. The molecule has 1 fully saturated rings. The van der Waals surface area contributed by atoms with Crippen molar-refractivity contribution < 1.29 is 14.6 Å². The lowest BCUT2D eigenvalue weighted by atomic mass is 10.0. The number of benzene rings is 2. The largest absolute Gasteiger partial charge is 0.493 e. The van der Waals surface area contributed by atoms with E-state index in [-0.39, 0.29) is 17.6 Å². The van der Waals surface area contributed by atoms with Crippen LogP contribution in [0.3, 0.4) is 0 Å². The van der Waals surface area contributed by atoms with E-state index in [0.29, 0.717) is 28.9 Å². The Morgan fingerprint density at radius 1 is 1.09 bits per heavy atom. The summed E-state index contributed by atoms with van der Waals surface area (Å²) in [6.45, 7) is 5.12. The predicted molar refractivity (Wildman–Crippen MR) is 132 cm³/mol. The van der Waals surface area contributed by atoms with E-state index in [0.717, 1.165) is 36.3 Å². The number of carbonyl (C=O) groups is 1. The van der Waals surface area contributed by atoms with Gasteiger partial charge in [0, 0.05) is 23.6 Å². The maximum absolute atomic E-state index is 12.3. The Bertz CT molecular complexity index is 1150. The van der Waals surface area contributed by atoms with Gasteiger partial charge in [-0.05, 0) is 73.6 Å². The topological polar surface area (TPSA) is 97.2 Å². The summed E-state index contributed by atoms with van der Waals surface area (Å²) < 4.78 is 5.79. The van der Waals surface area contributed by atoms with E-state index in [2.05, 4.69) is 20.3 Å². The number of hydrogen-bond acceptors (Lipinski definition) is 6. The standard InChI is InChI=1S/C26H29ClN4O3/c1-3-18(4-2)25(32)28-14-17-7-12-22(27)21(13-17)24-29-23(30-26(33)31-24)19-8-10-20(11-9-19)34-15-16-5-6-16/h7-13,16,18H,3-6,14-15H2,1-2H3,(H,28,32)(H,29,30,31,33). The Morgan fingerprint density at radius 2 is 1.79 bits per heavy atom. The molecule has 2 aromatic carbocycles. The second-order valence-corrected chi connectivity index (χ2v) is 9.01. The Labute approximate surface area is 204 Å². The van der Waals surface area contributed by atoms with Crippen molar-refractivity contribution in [1.29, 1.82) is 0 Å². The van der Waals surface area contributed by atoms with Crippen molar-refractivity contribution in [3.63, 3.8) is 0 Å². The molecule has 1 heterocycles. The minimum absolute atomic E-state index is 0.000280. The zero-order chi connectivity index (χ0) is 24.1. The fraction of sp³-hybridized carbons (Fsp3) is 0.385. The zero-order valence-electron chi connectivity index (χ0n) is 19.4.